The van der Waals surface area contributed by atoms with Crippen LogP contribution in [0.15, 0.2) is 65.5 Å². The lowest BCUT2D eigenvalue weighted by molar-refractivity contribution is 0.289. The smallest absolute Gasteiger partial charge is 0.259 e. The molecule has 0 aliphatic heterocycles. The van der Waals surface area contributed by atoms with Crippen molar-refractivity contribution in [1.82, 2.24) is 9.97 Å². The number of aryl methyl sites for hydroxylation is 1. The van der Waals surface area contributed by atoms with E-state index in [4.69, 9.17) is 9.47 Å². The molecule has 1 aromatic heterocycles. The van der Waals surface area contributed by atoms with Gasteiger partial charge in [0.05, 0.1) is 18.0 Å². The largest absolute Gasteiger partial charge is 0.496 e. The maximum Gasteiger partial charge on any atom is 0.259 e. The van der Waals surface area contributed by atoms with Gasteiger partial charge >= 0.3 is 0 Å². The average Bonchev–Trinajstić information content (AvgIpc) is 2.76. The molecule has 0 atom stereocenters. The molecule has 0 saturated carbocycles. The Morgan fingerprint density at radius 2 is 1.75 bits per heavy atom. The summed E-state index contributed by atoms with van der Waals surface area (Å²) < 4.78 is 11.9. The van der Waals surface area contributed by atoms with Gasteiger partial charge in [-0.3, -0.25) is 4.79 Å². The molecule has 0 bridgehead atoms. The first-order chi connectivity index (χ1) is 15.3. The summed E-state index contributed by atoms with van der Waals surface area (Å²) in [6.07, 6.45) is 0. The van der Waals surface area contributed by atoms with Crippen LogP contribution in [0, 0.1) is 6.92 Å². The van der Waals surface area contributed by atoms with Crippen LogP contribution in [0.3, 0.4) is 0 Å². The van der Waals surface area contributed by atoms with Gasteiger partial charge in [0.1, 0.15) is 23.9 Å². The van der Waals surface area contributed by atoms with Crippen LogP contribution in [0.5, 0.6) is 11.5 Å². The summed E-state index contributed by atoms with van der Waals surface area (Å²) in [5.74, 6) is 2.10. The SMILES string of the molecule is COc1ccc(-c2nc3ccccc3c(=O)[nH]2)cc1COc1cc(C)ccc1C(C)(C)C. The molecule has 0 spiro atoms. The highest BCUT2D eigenvalue weighted by Crippen LogP contribution is 2.33. The van der Waals surface area contributed by atoms with E-state index in [2.05, 4.69) is 55.9 Å². The van der Waals surface area contributed by atoms with Crippen LogP contribution in [0.1, 0.15) is 37.5 Å². The minimum absolute atomic E-state index is 0.0382. The number of para-hydroxylation sites is 1. The fourth-order valence-electron chi connectivity index (χ4n) is 3.79. The van der Waals surface area contributed by atoms with Crippen molar-refractivity contribution in [3.05, 3.63) is 87.7 Å². The number of benzene rings is 3. The molecule has 5 heteroatoms. The number of H-pyrrole nitrogens is 1. The molecule has 0 aliphatic carbocycles. The van der Waals surface area contributed by atoms with Gasteiger partial charge in [0, 0.05) is 11.1 Å². The maximum atomic E-state index is 12.5. The molecule has 3 aromatic carbocycles. The van der Waals surface area contributed by atoms with Crippen LogP contribution in [0.25, 0.3) is 22.3 Å². The van der Waals surface area contributed by atoms with Gasteiger partial charge in [0.25, 0.3) is 5.56 Å². The third kappa shape index (κ3) is 4.37. The normalized spacial score (nSPS) is 11.5. The first-order valence-corrected chi connectivity index (χ1v) is 10.7. The first kappa shape index (κ1) is 21.6. The zero-order chi connectivity index (χ0) is 22.9. The van der Waals surface area contributed by atoms with Crippen LogP contribution in [0.4, 0.5) is 0 Å². The van der Waals surface area contributed by atoms with Gasteiger partial charge in [-0.2, -0.15) is 0 Å². The summed E-state index contributed by atoms with van der Waals surface area (Å²) in [7, 11) is 1.64. The number of nitrogens with one attached hydrogen (secondary N) is 1. The average molecular weight is 429 g/mol. The van der Waals surface area contributed by atoms with Crippen LogP contribution in [0.2, 0.25) is 0 Å². The number of ether oxygens (including phenoxy) is 2. The maximum absolute atomic E-state index is 12.5. The van der Waals surface area contributed by atoms with Gasteiger partial charge in [-0.1, -0.05) is 45.0 Å². The zero-order valence-corrected chi connectivity index (χ0v) is 19.2. The van der Waals surface area contributed by atoms with E-state index < -0.39 is 0 Å². The molecule has 4 aromatic rings. The van der Waals surface area contributed by atoms with Crippen molar-refractivity contribution in [3.63, 3.8) is 0 Å². The quantitative estimate of drug-likeness (QED) is 0.437. The van der Waals surface area contributed by atoms with Gasteiger partial charge < -0.3 is 14.5 Å². The predicted molar refractivity (Wildman–Crippen MR) is 129 cm³/mol. The third-order valence-electron chi connectivity index (χ3n) is 5.50. The van der Waals surface area contributed by atoms with Crippen molar-refractivity contribution in [2.75, 3.05) is 7.11 Å². The number of methoxy groups -OCH3 is 1. The van der Waals surface area contributed by atoms with Gasteiger partial charge in [0.15, 0.2) is 0 Å². The van der Waals surface area contributed by atoms with Gasteiger partial charge in [0.2, 0.25) is 0 Å². The van der Waals surface area contributed by atoms with Gasteiger partial charge in [-0.25, -0.2) is 4.98 Å². The lowest BCUT2D eigenvalue weighted by atomic mass is 9.86. The number of fused-ring (bicyclic) bond motifs is 1. The lowest BCUT2D eigenvalue weighted by Crippen LogP contribution is -2.14. The van der Waals surface area contributed by atoms with Crippen LogP contribution in [-0.4, -0.2) is 17.1 Å². The summed E-state index contributed by atoms with van der Waals surface area (Å²) in [6, 6.07) is 19.3. The molecule has 0 amide bonds. The fourth-order valence-corrected chi connectivity index (χ4v) is 3.79. The molecule has 1 heterocycles. The number of hydrogen-bond acceptors (Lipinski definition) is 4. The topological polar surface area (TPSA) is 64.2 Å². The molecular weight excluding hydrogens is 400 g/mol. The van der Waals surface area contributed by atoms with Crippen LogP contribution < -0.4 is 15.0 Å². The van der Waals surface area contributed by atoms with E-state index in [1.54, 1.807) is 13.2 Å². The van der Waals surface area contributed by atoms with Crippen molar-refractivity contribution >= 4 is 10.9 Å². The van der Waals surface area contributed by atoms with E-state index in [0.29, 0.717) is 23.3 Å². The Hall–Kier alpha value is -3.60. The highest BCUT2D eigenvalue weighted by Gasteiger charge is 2.19. The standard InChI is InChI=1S/C27H28N2O3/c1-17-10-12-21(27(2,3)4)24(14-17)32-16-19-15-18(11-13-23(19)31-5)25-28-22-9-7-6-8-20(22)26(30)29-25/h6-15H,16H2,1-5H3,(H,28,29,30). The minimum atomic E-state index is -0.159. The van der Waals surface area contributed by atoms with E-state index in [9.17, 15) is 4.79 Å². The number of aromatic amines is 1. The van der Waals surface area contributed by atoms with Crippen molar-refractivity contribution < 1.29 is 9.47 Å². The number of rotatable bonds is 5. The second-order valence-electron chi connectivity index (χ2n) is 9.00. The van der Waals surface area contributed by atoms with E-state index in [1.165, 1.54) is 0 Å². The summed E-state index contributed by atoms with van der Waals surface area (Å²) in [5, 5.41) is 0.572. The molecule has 0 aliphatic rings. The van der Waals surface area contributed by atoms with Crippen molar-refractivity contribution in [3.8, 4) is 22.9 Å². The Morgan fingerprint density at radius 3 is 2.50 bits per heavy atom. The molecule has 164 valence electrons. The van der Waals surface area contributed by atoms with Crippen LogP contribution in [-0.2, 0) is 12.0 Å². The molecule has 32 heavy (non-hydrogen) atoms. The Balaban J connectivity index is 1.70. The summed E-state index contributed by atoms with van der Waals surface area (Å²) in [5.41, 5.74) is 4.44. The molecular formula is C27H28N2O3. The molecule has 0 fully saturated rings. The molecule has 4 rings (SSSR count). The molecule has 0 saturated heterocycles. The second-order valence-corrected chi connectivity index (χ2v) is 9.00. The zero-order valence-electron chi connectivity index (χ0n) is 19.2. The summed E-state index contributed by atoms with van der Waals surface area (Å²) >= 11 is 0. The molecule has 1 N–H and O–H groups in total. The number of aromatic nitrogens is 2. The van der Waals surface area contributed by atoms with Crippen molar-refractivity contribution in [1.29, 1.82) is 0 Å². The lowest BCUT2D eigenvalue weighted by Gasteiger charge is -2.23. The van der Waals surface area contributed by atoms with Gasteiger partial charge in [-0.05, 0) is 59.9 Å². The Labute approximate surface area is 188 Å². The summed E-state index contributed by atoms with van der Waals surface area (Å²) in [6.45, 7) is 8.91. The van der Waals surface area contributed by atoms with E-state index in [-0.39, 0.29) is 11.0 Å². The van der Waals surface area contributed by atoms with Crippen LogP contribution >= 0.6 is 0 Å². The Morgan fingerprint density at radius 1 is 0.969 bits per heavy atom. The van der Waals surface area contributed by atoms with Gasteiger partial charge in [-0.15, -0.1) is 0 Å². The molecule has 5 nitrogen and oxygen atoms in total. The van der Waals surface area contributed by atoms with E-state index in [1.807, 2.05) is 36.4 Å². The monoisotopic (exact) mass is 428 g/mol. The van der Waals surface area contributed by atoms with Crippen molar-refractivity contribution in [2.45, 2.75) is 39.7 Å². The third-order valence-corrected chi connectivity index (χ3v) is 5.50. The highest BCUT2D eigenvalue weighted by atomic mass is 16.5. The second kappa shape index (κ2) is 8.50. The molecule has 0 unspecified atom stereocenters. The number of hydrogen-bond donors (Lipinski definition) is 1. The fraction of sp³-hybridized carbons (Fsp3) is 0.259. The minimum Gasteiger partial charge on any atom is -0.496 e. The Kier molecular flexibility index (Phi) is 5.74. The number of nitrogens with zero attached hydrogens (tertiary/aromatic N) is 1. The first-order valence-electron chi connectivity index (χ1n) is 10.7. The predicted octanol–water partition coefficient (Wildman–Crippen LogP) is 5.78. The Bertz CT molecular complexity index is 1330. The van der Waals surface area contributed by atoms with E-state index >= 15 is 0 Å². The molecule has 0 radical (unpaired) electrons. The highest BCUT2D eigenvalue weighted by molar-refractivity contribution is 5.79. The van der Waals surface area contributed by atoms with E-state index in [0.717, 1.165) is 33.8 Å². The van der Waals surface area contributed by atoms with Crippen molar-refractivity contribution in [2.24, 2.45) is 0 Å². The summed E-state index contributed by atoms with van der Waals surface area (Å²) in [4.78, 5) is 20.0.